The van der Waals surface area contributed by atoms with Gasteiger partial charge in [-0.05, 0) is 37.5 Å². The molecule has 3 aliphatic rings. The Bertz CT molecular complexity index is 394. The highest BCUT2D eigenvalue weighted by atomic mass is 35.5. The number of fused-ring (bicyclic) bond motifs is 2. The third kappa shape index (κ3) is 6.55. The molecule has 0 spiro atoms. The lowest BCUT2D eigenvalue weighted by atomic mass is 9.89. The number of morpholine rings is 1. The molecular weight excluding hydrogens is 361 g/mol. The summed E-state index contributed by atoms with van der Waals surface area (Å²) in [6.07, 6.45) is 5.68. The molecule has 3 unspecified atom stereocenters. The Kier molecular flexibility index (Phi) is 10.0. The molecule has 3 atom stereocenters. The maximum absolute atomic E-state index is 12.4. The van der Waals surface area contributed by atoms with Gasteiger partial charge in [-0.25, -0.2) is 0 Å². The molecule has 3 fully saturated rings. The number of hydrogen-bond donors (Lipinski definition) is 2. The van der Waals surface area contributed by atoms with Crippen LogP contribution in [-0.4, -0.2) is 61.8 Å². The van der Waals surface area contributed by atoms with Crippen LogP contribution >= 0.6 is 24.8 Å². The van der Waals surface area contributed by atoms with Gasteiger partial charge in [-0.2, -0.15) is 0 Å². The lowest BCUT2D eigenvalue weighted by molar-refractivity contribution is -0.122. The highest BCUT2D eigenvalue weighted by Crippen LogP contribution is 2.32. The van der Waals surface area contributed by atoms with E-state index in [0.29, 0.717) is 36.4 Å². The summed E-state index contributed by atoms with van der Waals surface area (Å²) in [7, 11) is 0. The summed E-state index contributed by atoms with van der Waals surface area (Å²) in [5.41, 5.74) is 0. The fourth-order valence-corrected chi connectivity index (χ4v) is 4.59. The first-order valence-corrected chi connectivity index (χ1v) is 9.46. The van der Waals surface area contributed by atoms with E-state index in [1.165, 1.54) is 25.7 Å². The number of hydrogen-bond acceptors (Lipinski definition) is 4. The lowest BCUT2D eigenvalue weighted by Crippen LogP contribution is -2.51. The summed E-state index contributed by atoms with van der Waals surface area (Å²) >= 11 is 0. The molecule has 3 rings (SSSR count). The van der Waals surface area contributed by atoms with Gasteiger partial charge in [0, 0.05) is 44.2 Å². The smallest absolute Gasteiger partial charge is 0.220 e. The van der Waals surface area contributed by atoms with Crippen molar-refractivity contribution in [2.75, 3.05) is 32.8 Å². The van der Waals surface area contributed by atoms with Crippen LogP contribution in [0, 0.1) is 11.8 Å². The Balaban J connectivity index is 0.00000156. The van der Waals surface area contributed by atoms with E-state index < -0.39 is 0 Å². The number of rotatable bonds is 6. The fraction of sp³-hybridized carbons (Fsp3) is 0.944. The van der Waals surface area contributed by atoms with Crippen LogP contribution in [0.3, 0.4) is 0 Å². The highest BCUT2D eigenvalue weighted by molar-refractivity contribution is 5.85. The summed E-state index contributed by atoms with van der Waals surface area (Å²) in [5.74, 6) is 1.37. The maximum Gasteiger partial charge on any atom is 0.220 e. The molecule has 2 bridgehead atoms. The van der Waals surface area contributed by atoms with E-state index in [2.05, 4.69) is 29.4 Å². The first-order valence-electron chi connectivity index (χ1n) is 9.46. The summed E-state index contributed by atoms with van der Waals surface area (Å²) in [6, 6.07) is 1.76. The third-order valence-electron chi connectivity index (χ3n) is 5.84. The second kappa shape index (κ2) is 10.9. The molecule has 0 aromatic carbocycles. The summed E-state index contributed by atoms with van der Waals surface area (Å²) < 4.78 is 5.45. The molecule has 148 valence electrons. The van der Waals surface area contributed by atoms with Crippen LogP contribution in [0.5, 0.6) is 0 Å². The van der Waals surface area contributed by atoms with Gasteiger partial charge in [0.2, 0.25) is 5.91 Å². The standard InChI is InChI=1S/C18H33N3O2.2ClH/c1-13(2)17(21-5-7-23-8-6-21)12-19-18(22)11-14-9-15-3-4-16(10-14)20-15;;/h13-17,20H,3-12H2,1-2H3,(H,19,22);2*1H. The zero-order valence-corrected chi connectivity index (χ0v) is 17.2. The zero-order valence-electron chi connectivity index (χ0n) is 15.5. The van der Waals surface area contributed by atoms with Crippen LogP contribution < -0.4 is 10.6 Å². The van der Waals surface area contributed by atoms with E-state index in [-0.39, 0.29) is 30.7 Å². The van der Waals surface area contributed by atoms with Gasteiger partial charge >= 0.3 is 0 Å². The number of ether oxygens (including phenoxy) is 1. The molecule has 7 heteroatoms. The number of carbonyl (C=O) groups excluding carboxylic acids is 1. The third-order valence-corrected chi connectivity index (χ3v) is 5.84. The Hall–Kier alpha value is -0.0700. The van der Waals surface area contributed by atoms with Crippen molar-refractivity contribution in [3.63, 3.8) is 0 Å². The van der Waals surface area contributed by atoms with E-state index >= 15 is 0 Å². The molecule has 0 aromatic heterocycles. The van der Waals surface area contributed by atoms with E-state index in [0.717, 1.165) is 32.8 Å². The highest BCUT2D eigenvalue weighted by Gasteiger charge is 2.34. The molecule has 3 heterocycles. The van der Waals surface area contributed by atoms with E-state index in [4.69, 9.17) is 4.74 Å². The largest absolute Gasteiger partial charge is 0.379 e. The van der Waals surface area contributed by atoms with E-state index in [1.807, 2.05) is 0 Å². The molecule has 2 N–H and O–H groups in total. The molecule has 25 heavy (non-hydrogen) atoms. The normalized spacial score (nSPS) is 30.3. The quantitative estimate of drug-likeness (QED) is 0.723. The monoisotopic (exact) mass is 395 g/mol. The van der Waals surface area contributed by atoms with Gasteiger partial charge in [-0.1, -0.05) is 13.8 Å². The summed E-state index contributed by atoms with van der Waals surface area (Å²) in [4.78, 5) is 14.9. The number of carbonyl (C=O) groups is 1. The predicted octanol–water partition coefficient (Wildman–Crippen LogP) is 2.22. The van der Waals surface area contributed by atoms with Crippen LogP contribution in [-0.2, 0) is 9.53 Å². The van der Waals surface area contributed by atoms with Gasteiger partial charge in [0.05, 0.1) is 13.2 Å². The number of nitrogens with zero attached hydrogens (tertiary/aromatic N) is 1. The minimum absolute atomic E-state index is 0. The van der Waals surface area contributed by atoms with E-state index in [1.54, 1.807) is 0 Å². The van der Waals surface area contributed by atoms with Crippen LogP contribution in [0.25, 0.3) is 0 Å². The van der Waals surface area contributed by atoms with Crippen molar-refractivity contribution in [1.82, 2.24) is 15.5 Å². The molecule has 3 saturated heterocycles. The molecule has 0 aliphatic carbocycles. The van der Waals surface area contributed by atoms with Gasteiger partial charge in [-0.3, -0.25) is 9.69 Å². The Morgan fingerprint density at radius 1 is 1.16 bits per heavy atom. The number of nitrogens with one attached hydrogen (secondary N) is 2. The lowest BCUT2D eigenvalue weighted by Gasteiger charge is -2.37. The first-order chi connectivity index (χ1) is 11.1. The predicted molar refractivity (Wildman–Crippen MR) is 106 cm³/mol. The van der Waals surface area contributed by atoms with Gasteiger partial charge in [0.25, 0.3) is 0 Å². The van der Waals surface area contributed by atoms with Crippen molar-refractivity contribution in [3.8, 4) is 0 Å². The summed E-state index contributed by atoms with van der Waals surface area (Å²) in [6.45, 7) is 8.86. The maximum atomic E-state index is 12.4. The molecule has 3 aliphatic heterocycles. The molecular formula is C18H35Cl2N3O2. The van der Waals surface area contributed by atoms with Crippen molar-refractivity contribution in [1.29, 1.82) is 0 Å². The van der Waals surface area contributed by atoms with Crippen LogP contribution in [0.1, 0.15) is 46.0 Å². The average Bonchev–Trinajstić information content (AvgIpc) is 2.87. The number of halogens is 2. The zero-order chi connectivity index (χ0) is 16.2. The Labute approximate surface area is 164 Å². The van der Waals surface area contributed by atoms with Crippen LogP contribution in [0.2, 0.25) is 0 Å². The Morgan fingerprint density at radius 3 is 2.32 bits per heavy atom. The van der Waals surface area contributed by atoms with Gasteiger partial charge in [0.15, 0.2) is 0 Å². The molecule has 0 radical (unpaired) electrons. The number of piperidine rings is 1. The van der Waals surface area contributed by atoms with Crippen LogP contribution in [0.4, 0.5) is 0 Å². The fourth-order valence-electron chi connectivity index (χ4n) is 4.59. The molecule has 0 saturated carbocycles. The molecule has 1 amide bonds. The minimum atomic E-state index is 0. The molecule has 0 aromatic rings. The van der Waals surface area contributed by atoms with Gasteiger partial charge in [-0.15, -0.1) is 24.8 Å². The number of amides is 1. The van der Waals surface area contributed by atoms with Crippen molar-refractivity contribution in [2.45, 2.75) is 64.1 Å². The SMILES string of the molecule is CC(C)C(CNC(=O)CC1CC2CCC(C1)N2)N1CCOCC1.Cl.Cl. The second-order valence-corrected chi connectivity index (χ2v) is 7.94. The van der Waals surface area contributed by atoms with Gasteiger partial charge < -0.3 is 15.4 Å². The topological polar surface area (TPSA) is 53.6 Å². The van der Waals surface area contributed by atoms with Crippen molar-refractivity contribution in [2.24, 2.45) is 11.8 Å². The summed E-state index contributed by atoms with van der Waals surface area (Å²) in [5, 5.41) is 6.87. The van der Waals surface area contributed by atoms with Crippen LogP contribution in [0.15, 0.2) is 0 Å². The first kappa shape index (κ1) is 23.0. The minimum Gasteiger partial charge on any atom is -0.379 e. The van der Waals surface area contributed by atoms with Crippen molar-refractivity contribution in [3.05, 3.63) is 0 Å². The van der Waals surface area contributed by atoms with Gasteiger partial charge in [0.1, 0.15) is 0 Å². The van der Waals surface area contributed by atoms with Crippen molar-refractivity contribution < 1.29 is 9.53 Å². The molecule has 5 nitrogen and oxygen atoms in total. The average molecular weight is 396 g/mol. The second-order valence-electron chi connectivity index (χ2n) is 7.94. The Morgan fingerprint density at radius 2 is 1.76 bits per heavy atom. The van der Waals surface area contributed by atoms with E-state index in [9.17, 15) is 4.79 Å². The van der Waals surface area contributed by atoms with Crippen molar-refractivity contribution >= 4 is 30.7 Å².